The van der Waals surface area contributed by atoms with Crippen molar-refractivity contribution in [3.05, 3.63) is 217 Å². The highest BCUT2D eigenvalue weighted by Gasteiger charge is 2.52. The highest BCUT2D eigenvalue weighted by atomic mass is 16.5. The summed E-state index contributed by atoms with van der Waals surface area (Å²) in [7, 11) is 0. The molecule has 5 heterocycles. The van der Waals surface area contributed by atoms with Gasteiger partial charge in [-0.3, -0.25) is 9.97 Å². The molecule has 5 heteroatoms. The van der Waals surface area contributed by atoms with E-state index in [0.717, 1.165) is 78.7 Å². The van der Waals surface area contributed by atoms with Crippen molar-refractivity contribution < 1.29 is 4.74 Å². The Morgan fingerprint density at radius 2 is 0.948 bits per heavy atom. The van der Waals surface area contributed by atoms with Crippen LogP contribution in [0.4, 0.5) is 0 Å². The first-order valence-corrected chi connectivity index (χ1v) is 19.7. The number of hydrogen-bond acceptors (Lipinski definition) is 3. The van der Waals surface area contributed by atoms with Crippen molar-refractivity contribution in [3.63, 3.8) is 0 Å². The first-order valence-electron chi connectivity index (χ1n) is 19.7. The minimum Gasteiger partial charge on any atom is -0.457 e. The third kappa shape index (κ3) is 4.09. The molecule has 0 radical (unpaired) electrons. The molecule has 58 heavy (non-hydrogen) atoms. The van der Waals surface area contributed by atoms with Crippen molar-refractivity contribution in [2.45, 2.75) is 5.41 Å². The molecule has 1 aliphatic carbocycles. The molecule has 0 bridgehead atoms. The van der Waals surface area contributed by atoms with Crippen LogP contribution in [0.1, 0.15) is 22.3 Å². The summed E-state index contributed by atoms with van der Waals surface area (Å²) in [4.78, 5) is 10.4. The number of fused-ring (bicyclic) bond motifs is 15. The van der Waals surface area contributed by atoms with Crippen LogP contribution < -0.4 is 4.74 Å². The maximum Gasteiger partial charge on any atom is 0.132 e. The minimum atomic E-state index is -0.742. The first-order chi connectivity index (χ1) is 28.8. The van der Waals surface area contributed by atoms with E-state index in [1.54, 1.807) is 0 Å². The predicted molar refractivity (Wildman–Crippen MR) is 234 cm³/mol. The van der Waals surface area contributed by atoms with E-state index < -0.39 is 5.41 Å². The molecule has 270 valence electrons. The molecule has 7 aromatic carbocycles. The first kappa shape index (κ1) is 31.4. The maximum atomic E-state index is 6.83. The number of benzene rings is 7. The maximum absolute atomic E-state index is 6.83. The molecule has 0 saturated heterocycles. The largest absolute Gasteiger partial charge is 0.457 e. The van der Waals surface area contributed by atoms with E-state index in [1.807, 2.05) is 12.4 Å². The molecule has 4 aromatic heterocycles. The Morgan fingerprint density at radius 1 is 0.379 bits per heavy atom. The van der Waals surface area contributed by atoms with E-state index in [0.29, 0.717) is 0 Å². The Labute approximate surface area is 333 Å². The lowest BCUT2D eigenvalue weighted by Gasteiger charge is -2.39. The zero-order valence-electron chi connectivity index (χ0n) is 31.2. The molecule has 0 saturated carbocycles. The van der Waals surface area contributed by atoms with Gasteiger partial charge in [-0.15, -0.1) is 0 Å². The van der Waals surface area contributed by atoms with Gasteiger partial charge in [0.15, 0.2) is 0 Å². The van der Waals surface area contributed by atoms with Crippen LogP contribution in [0.2, 0.25) is 0 Å². The predicted octanol–water partition coefficient (Wildman–Crippen LogP) is 12.8. The van der Waals surface area contributed by atoms with Crippen molar-refractivity contribution in [3.8, 4) is 45.4 Å². The minimum absolute atomic E-state index is 0.742. The van der Waals surface area contributed by atoms with Crippen LogP contribution in [0.15, 0.2) is 194 Å². The normalized spacial score (nSPS) is 15.1. The van der Waals surface area contributed by atoms with Crippen molar-refractivity contribution in [2.75, 3.05) is 0 Å². The molecular weight excluding hydrogens is 709 g/mol. The molecule has 0 N–H and O–H groups in total. The van der Waals surface area contributed by atoms with Gasteiger partial charge in [-0.2, -0.15) is 0 Å². The summed E-state index contributed by atoms with van der Waals surface area (Å²) in [6, 6.07) is 65.3. The highest BCUT2D eigenvalue weighted by molar-refractivity contribution is 6.11. The molecule has 5 nitrogen and oxygen atoms in total. The zero-order chi connectivity index (χ0) is 38.0. The van der Waals surface area contributed by atoms with Gasteiger partial charge in [0.2, 0.25) is 0 Å². The van der Waals surface area contributed by atoms with Crippen molar-refractivity contribution in [2.24, 2.45) is 0 Å². The Morgan fingerprint density at radius 3 is 1.72 bits per heavy atom. The number of para-hydroxylation sites is 5. The van der Waals surface area contributed by atoms with Gasteiger partial charge in [-0.25, -0.2) is 0 Å². The van der Waals surface area contributed by atoms with E-state index in [4.69, 9.17) is 14.7 Å². The lowest BCUT2D eigenvalue weighted by atomic mass is 9.66. The SMILES string of the molecule is c1ccc(-n2c3ccccc3c3cc(-c4ccc5c(c4)C4(c6ccccc6O5)c5cccnc5-c5ncc(-n6c7ccccc7c7ccccc76)cc54)ccc32)cc1. The van der Waals surface area contributed by atoms with E-state index in [1.165, 1.54) is 32.6 Å². The number of nitrogens with zero attached hydrogens (tertiary/aromatic N) is 4. The fourth-order valence-corrected chi connectivity index (χ4v) is 10.1. The van der Waals surface area contributed by atoms with Crippen LogP contribution in [-0.4, -0.2) is 19.1 Å². The van der Waals surface area contributed by atoms with Gasteiger partial charge in [0.05, 0.1) is 50.8 Å². The molecule has 2 aliphatic rings. The summed E-state index contributed by atoms with van der Waals surface area (Å²) in [6.45, 7) is 0. The molecule has 13 rings (SSSR count). The topological polar surface area (TPSA) is 44.9 Å². The van der Waals surface area contributed by atoms with Crippen LogP contribution in [0.25, 0.3) is 77.5 Å². The van der Waals surface area contributed by atoms with Gasteiger partial charge >= 0.3 is 0 Å². The molecule has 11 aromatic rings. The molecule has 1 spiro atoms. The van der Waals surface area contributed by atoms with Gasteiger partial charge in [0, 0.05) is 50.1 Å². The zero-order valence-corrected chi connectivity index (χ0v) is 31.2. The lowest BCUT2D eigenvalue weighted by Crippen LogP contribution is -2.32. The average Bonchev–Trinajstić information content (AvgIpc) is 3.91. The second kappa shape index (κ2) is 11.6. The van der Waals surface area contributed by atoms with Crippen LogP contribution in [0, 0.1) is 0 Å². The smallest absolute Gasteiger partial charge is 0.132 e. The van der Waals surface area contributed by atoms with Crippen molar-refractivity contribution >= 4 is 43.6 Å². The van der Waals surface area contributed by atoms with E-state index in [9.17, 15) is 0 Å². The number of ether oxygens (including phenoxy) is 1. The summed E-state index contributed by atoms with van der Waals surface area (Å²) in [5.74, 6) is 1.66. The monoisotopic (exact) mass is 740 g/mol. The fraction of sp³-hybridized carbons (Fsp3) is 0.0189. The molecule has 1 atom stereocenters. The van der Waals surface area contributed by atoms with Crippen LogP contribution in [0.3, 0.4) is 0 Å². The van der Waals surface area contributed by atoms with E-state index in [-0.39, 0.29) is 0 Å². The number of hydrogen-bond donors (Lipinski definition) is 0. The average molecular weight is 741 g/mol. The van der Waals surface area contributed by atoms with Gasteiger partial charge in [0.25, 0.3) is 0 Å². The Balaban J connectivity index is 1.08. The molecular formula is C53H32N4O. The van der Waals surface area contributed by atoms with E-state index in [2.05, 4.69) is 191 Å². The quantitative estimate of drug-likeness (QED) is 0.181. The van der Waals surface area contributed by atoms with Crippen molar-refractivity contribution in [1.82, 2.24) is 19.1 Å². The third-order valence-electron chi connectivity index (χ3n) is 12.5. The Hall–Kier alpha value is -7.76. The lowest BCUT2D eigenvalue weighted by molar-refractivity contribution is 0.436. The summed E-state index contributed by atoms with van der Waals surface area (Å²) < 4.78 is 11.5. The van der Waals surface area contributed by atoms with E-state index >= 15 is 0 Å². The highest BCUT2D eigenvalue weighted by Crippen LogP contribution is 2.62. The van der Waals surface area contributed by atoms with Crippen LogP contribution >= 0.6 is 0 Å². The van der Waals surface area contributed by atoms with Gasteiger partial charge in [0.1, 0.15) is 11.5 Å². The summed E-state index contributed by atoms with van der Waals surface area (Å²) in [6.07, 6.45) is 3.90. The summed E-state index contributed by atoms with van der Waals surface area (Å²) in [5.41, 5.74) is 14.5. The number of aromatic nitrogens is 4. The van der Waals surface area contributed by atoms with Gasteiger partial charge in [-0.05, 0) is 89.5 Å². The second-order valence-corrected chi connectivity index (χ2v) is 15.3. The number of pyridine rings is 2. The Bertz CT molecular complexity index is 3450. The van der Waals surface area contributed by atoms with Crippen molar-refractivity contribution in [1.29, 1.82) is 0 Å². The standard InChI is InChI=1S/C53H32N4O/c1-2-13-35(14-3-1)56-47-22-10-6-17-39(47)40-29-33(24-26-48(40)56)34-25-27-50-43(30-34)53(41-18-7-11-23-49(41)58-50)42-19-12-28-54-51(42)52-44(53)31-36(32-55-52)57-45-20-8-4-15-37(45)38-16-5-9-21-46(38)57/h1-32H. The molecule has 0 amide bonds. The van der Waals surface area contributed by atoms with Crippen LogP contribution in [0.5, 0.6) is 11.5 Å². The molecule has 0 fully saturated rings. The molecule has 1 unspecified atom stereocenters. The Kier molecular flexibility index (Phi) is 6.31. The van der Waals surface area contributed by atoms with Crippen LogP contribution in [-0.2, 0) is 5.41 Å². The third-order valence-corrected chi connectivity index (χ3v) is 12.5. The summed E-state index contributed by atoms with van der Waals surface area (Å²) >= 11 is 0. The fourth-order valence-electron chi connectivity index (χ4n) is 10.1. The second-order valence-electron chi connectivity index (χ2n) is 15.3. The number of rotatable bonds is 3. The van der Waals surface area contributed by atoms with Gasteiger partial charge < -0.3 is 13.9 Å². The molecule has 1 aliphatic heterocycles. The summed E-state index contributed by atoms with van der Waals surface area (Å²) in [5, 5.41) is 4.87. The van der Waals surface area contributed by atoms with Gasteiger partial charge in [-0.1, -0.05) is 109 Å².